The highest BCUT2D eigenvalue weighted by molar-refractivity contribution is 5.82. The Morgan fingerprint density at radius 1 is 0.931 bits per heavy atom. The van der Waals surface area contributed by atoms with Gasteiger partial charge in [-0.15, -0.1) is 0 Å². The Morgan fingerprint density at radius 2 is 1.45 bits per heavy atom. The van der Waals surface area contributed by atoms with Gasteiger partial charge in [-0.2, -0.15) is 26.3 Å². The number of carbonyl (C=O) groups excluding carboxylic acids is 4. The van der Waals surface area contributed by atoms with Gasteiger partial charge in [-0.3, -0.25) is 19.2 Å². The average molecular weight is 438 g/mol. The highest BCUT2D eigenvalue weighted by atomic mass is 19.4. The van der Waals surface area contributed by atoms with Gasteiger partial charge >= 0.3 is 36.1 Å². The van der Waals surface area contributed by atoms with Crippen LogP contribution in [-0.4, -0.2) is 67.2 Å². The number of alkyl halides is 6. The second kappa shape index (κ2) is 9.28. The van der Waals surface area contributed by atoms with E-state index in [9.17, 15) is 45.5 Å². The molecule has 166 valence electrons. The summed E-state index contributed by atoms with van der Waals surface area (Å²) in [5.74, 6) is -6.82. The zero-order valence-electron chi connectivity index (χ0n) is 14.8. The Morgan fingerprint density at radius 3 is 1.90 bits per heavy atom. The summed E-state index contributed by atoms with van der Waals surface area (Å²) in [4.78, 5) is 44.6. The summed E-state index contributed by atoms with van der Waals surface area (Å²) in [7, 11) is 0. The van der Waals surface area contributed by atoms with Crippen molar-refractivity contribution in [1.82, 2.24) is 10.6 Å². The van der Waals surface area contributed by atoms with E-state index in [2.05, 4.69) is 4.74 Å². The fourth-order valence-corrected chi connectivity index (χ4v) is 2.39. The Labute approximate surface area is 159 Å². The predicted molar refractivity (Wildman–Crippen MR) is 77.6 cm³/mol. The molecule has 9 nitrogen and oxygen atoms in total. The van der Waals surface area contributed by atoms with E-state index >= 15 is 0 Å². The lowest BCUT2D eigenvalue weighted by molar-refractivity contribution is -0.233. The van der Waals surface area contributed by atoms with Crippen molar-refractivity contribution in [3.63, 3.8) is 0 Å². The van der Waals surface area contributed by atoms with E-state index in [1.54, 1.807) is 0 Å². The van der Waals surface area contributed by atoms with Crippen LogP contribution in [0.15, 0.2) is 0 Å². The van der Waals surface area contributed by atoms with Crippen LogP contribution in [-0.2, 0) is 33.4 Å². The van der Waals surface area contributed by atoms with Gasteiger partial charge in [0.05, 0.1) is 6.04 Å². The summed E-state index contributed by atoms with van der Waals surface area (Å²) < 4.78 is 89.3. The van der Waals surface area contributed by atoms with E-state index in [1.807, 2.05) is 0 Å². The summed E-state index contributed by atoms with van der Waals surface area (Å²) in [5.41, 5.74) is 0. The predicted octanol–water partition coefficient (Wildman–Crippen LogP) is 0.322. The van der Waals surface area contributed by atoms with E-state index in [1.165, 1.54) is 10.6 Å². The maximum atomic E-state index is 12.6. The second-order valence-corrected chi connectivity index (χ2v) is 5.81. The van der Waals surface area contributed by atoms with Gasteiger partial charge in [0.25, 0.3) is 0 Å². The smallest absolute Gasteiger partial charge is 0.458 e. The van der Waals surface area contributed by atoms with Gasteiger partial charge < -0.3 is 24.8 Å². The highest BCUT2D eigenvalue weighted by Crippen LogP contribution is 2.26. The molecule has 0 radical (unpaired) electrons. The van der Waals surface area contributed by atoms with Gasteiger partial charge in [0, 0.05) is 26.8 Å². The monoisotopic (exact) mass is 438 g/mol. The van der Waals surface area contributed by atoms with Crippen LogP contribution in [0.25, 0.3) is 0 Å². The first-order valence-electron chi connectivity index (χ1n) is 7.84. The molecule has 4 atom stereocenters. The standard InChI is InChI=1S/C14H16F6N2O7/c1-5(23)27-9-3-7(22-12(26)14(18,19)20)10(28-6(2)24)8(29-9)4-21-11(25)13(15,16)17/h7-10H,3-4H2,1-2H3,(H,21,25)(H,22,26)/t7-,8+,9-,10+/m1/s1. The maximum Gasteiger partial charge on any atom is 0.471 e. The number of halogens is 6. The maximum absolute atomic E-state index is 12.6. The van der Waals surface area contributed by atoms with Crippen LogP contribution in [0.3, 0.4) is 0 Å². The van der Waals surface area contributed by atoms with Gasteiger partial charge in [-0.1, -0.05) is 0 Å². The van der Waals surface area contributed by atoms with Gasteiger partial charge in [-0.25, -0.2) is 0 Å². The second-order valence-electron chi connectivity index (χ2n) is 5.81. The normalized spacial score (nSPS) is 25.0. The summed E-state index contributed by atoms with van der Waals surface area (Å²) in [6, 6.07) is -1.65. The molecule has 1 heterocycles. The molecule has 0 saturated carbocycles. The van der Waals surface area contributed by atoms with E-state index in [4.69, 9.17) is 9.47 Å². The first-order valence-corrected chi connectivity index (χ1v) is 7.84. The lowest BCUT2D eigenvalue weighted by Gasteiger charge is -2.40. The summed E-state index contributed by atoms with van der Waals surface area (Å²) >= 11 is 0. The van der Waals surface area contributed by atoms with E-state index in [0.29, 0.717) is 0 Å². The molecule has 0 bridgehead atoms. The molecule has 0 spiro atoms. The Balaban J connectivity index is 3.10. The lowest BCUT2D eigenvalue weighted by atomic mass is 9.97. The van der Waals surface area contributed by atoms with Crippen molar-refractivity contribution in [2.45, 2.75) is 57.2 Å². The highest BCUT2D eigenvalue weighted by Gasteiger charge is 2.48. The number of hydrogen-bond acceptors (Lipinski definition) is 7. The molecule has 1 fully saturated rings. The minimum Gasteiger partial charge on any atom is -0.458 e. The SMILES string of the molecule is CC(=O)O[C@H]1C[C@@H](NC(=O)C(F)(F)F)[C@H](OC(C)=O)[C@H](CNC(=O)C(F)(F)F)O1. The van der Waals surface area contributed by atoms with Crippen LogP contribution in [0, 0.1) is 0 Å². The molecule has 1 saturated heterocycles. The topological polar surface area (TPSA) is 120 Å². The largest absolute Gasteiger partial charge is 0.471 e. The summed E-state index contributed by atoms with van der Waals surface area (Å²) in [6.07, 6.45) is -16.2. The van der Waals surface area contributed by atoms with Crippen LogP contribution in [0.1, 0.15) is 20.3 Å². The molecule has 0 aromatic heterocycles. The number of ether oxygens (including phenoxy) is 3. The number of nitrogens with one attached hydrogen (secondary N) is 2. The molecule has 2 N–H and O–H groups in total. The van der Waals surface area contributed by atoms with Crippen molar-refractivity contribution in [2.75, 3.05) is 6.54 Å². The molecule has 15 heteroatoms. The van der Waals surface area contributed by atoms with Gasteiger partial charge in [0.1, 0.15) is 12.2 Å². The van der Waals surface area contributed by atoms with Crippen LogP contribution in [0.4, 0.5) is 26.3 Å². The third kappa shape index (κ3) is 7.75. The zero-order chi connectivity index (χ0) is 22.6. The van der Waals surface area contributed by atoms with Crippen LogP contribution in [0.2, 0.25) is 0 Å². The van der Waals surface area contributed by atoms with Crippen molar-refractivity contribution in [3.8, 4) is 0 Å². The molecule has 0 unspecified atom stereocenters. The van der Waals surface area contributed by atoms with Gasteiger partial charge in [0.2, 0.25) is 6.29 Å². The third-order valence-electron chi connectivity index (χ3n) is 3.43. The Hall–Kier alpha value is -2.58. The summed E-state index contributed by atoms with van der Waals surface area (Å²) in [6.45, 7) is 0.795. The van der Waals surface area contributed by atoms with Crippen molar-refractivity contribution >= 4 is 23.8 Å². The molecule has 29 heavy (non-hydrogen) atoms. The number of esters is 2. The van der Waals surface area contributed by atoms with E-state index in [0.717, 1.165) is 13.8 Å². The molecular formula is C14H16F6N2O7. The van der Waals surface area contributed by atoms with Crippen molar-refractivity contribution in [1.29, 1.82) is 0 Å². The Kier molecular flexibility index (Phi) is 7.83. The summed E-state index contributed by atoms with van der Waals surface area (Å²) in [5, 5.41) is 2.94. The quantitative estimate of drug-likeness (QED) is 0.469. The molecule has 2 amide bonds. The number of rotatable bonds is 5. The van der Waals surface area contributed by atoms with Crippen molar-refractivity contribution in [3.05, 3.63) is 0 Å². The van der Waals surface area contributed by atoms with E-state index < -0.39 is 73.6 Å². The van der Waals surface area contributed by atoms with Crippen LogP contribution >= 0.6 is 0 Å². The number of amides is 2. The molecule has 1 aliphatic heterocycles. The number of carbonyl (C=O) groups is 4. The third-order valence-corrected chi connectivity index (χ3v) is 3.43. The molecule has 0 aliphatic carbocycles. The minimum absolute atomic E-state index is 0.608. The van der Waals surface area contributed by atoms with Crippen LogP contribution in [0.5, 0.6) is 0 Å². The van der Waals surface area contributed by atoms with Gasteiger partial charge in [-0.05, 0) is 0 Å². The zero-order valence-corrected chi connectivity index (χ0v) is 14.8. The Bertz CT molecular complexity index is 651. The van der Waals surface area contributed by atoms with Gasteiger partial charge in [0.15, 0.2) is 0 Å². The molecule has 0 aromatic carbocycles. The van der Waals surface area contributed by atoms with Crippen LogP contribution < -0.4 is 10.6 Å². The first kappa shape index (κ1) is 24.5. The molecule has 0 aromatic rings. The van der Waals surface area contributed by atoms with Crippen molar-refractivity contribution < 1.29 is 59.7 Å². The van der Waals surface area contributed by atoms with E-state index in [-0.39, 0.29) is 0 Å². The average Bonchev–Trinajstić information content (AvgIpc) is 2.52. The number of hydrogen-bond donors (Lipinski definition) is 2. The lowest BCUT2D eigenvalue weighted by Crippen LogP contribution is -2.61. The fraction of sp³-hybridized carbons (Fsp3) is 0.714. The molecule has 1 rings (SSSR count). The first-order chi connectivity index (χ1) is 13.1. The van der Waals surface area contributed by atoms with Crippen molar-refractivity contribution in [2.24, 2.45) is 0 Å². The molecule has 1 aliphatic rings. The minimum atomic E-state index is -5.32. The molecular weight excluding hydrogens is 422 g/mol. The fourth-order valence-electron chi connectivity index (χ4n) is 2.39.